The Hall–Kier alpha value is -2.69. The Morgan fingerprint density at radius 2 is 2.09 bits per heavy atom. The van der Waals surface area contributed by atoms with Crippen LogP contribution in [0.15, 0.2) is 42.5 Å². The van der Waals surface area contributed by atoms with Crippen molar-refractivity contribution in [2.24, 2.45) is 0 Å². The number of amides is 1. The molecule has 1 aliphatic heterocycles. The normalized spacial score (nSPS) is 15.5. The Labute approximate surface area is 135 Å². The fourth-order valence-corrected chi connectivity index (χ4v) is 2.58. The molecule has 0 aromatic heterocycles. The molecule has 1 N–H and O–H groups in total. The number of carbonyl (C=O) groups excluding carboxylic acids is 1. The molecule has 0 bridgehead atoms. The SMILES string of the molecule is COc1cc(NC(=O)OCc2ccccc2)c2c(c1)OC(C)C2. The van der Waals surface area contributed by atoms with E-state index in [4.69, 9.17) is 14.2 Å². The number of carbonyl (C=O) groups is 1. The summed E-state index contributed by atoms with van der Waals surface area (Å²) in [6, 6.07) is 13.2. The zero-order valence-corrected chi connectivity index (χ0v) is 13.2. The monoisotopic (exact) mass is 313 g/mol. The molecule has 1 aliphatic rings. The first-order valence-electron chi connectivity index (χ1n) is 7.51. The van der Waals surface area contributed by atoms with Gasteiger partial charge in [-0.1, -0.05) is 30.3 Å². The molecule has 120 valence electrons. The smallest absolute Gasteiger partial charge is 0.411 e. The maximum Gasteiger partial charge on any atom is 0.411 e. The van der Waals surface area contributed by atoms with Crippen LogP contribution in [0.25, 0.3) is 0 Å². The van der Waals surface area contributed by atoms with E-state index in [0.717, 1.165) is 23.3 Å². The van der Waals surface area contributed by atoms with E-state index in [9.17, 15) is 4.79 Å². The average Bonchev–Trinajstić information content (AvgIpc) is 2.94. The Morgan fingerprint density at radius 1 is 1.30 bits per heavy atom. The van der Waals surface area contributed by atoms with Gasteiger partial charge in [0.25, 0.3) is 0 Å². The van der Waals surface area contributed by atoms with E-state index >= 15 is 0 Å². The van der Waals surface area contributed by atoms with Gasteiger partial charge in [0.15, 0.2) is 0 Å². The topological polar surface area (TPSA) is 56.8 Å². The number of benzene rings is 2. The number of anilines is 1. The Balaban J connectivity index is 1.70. The zero-order chi connectivity index (χ0) is 16.2. The Morgan fingerprint density at radius 3 is 2.83 bits per heavy atom. The number of rotatable bonds is 4. The second-order valence-corrected chi connectivity index (χ2v) is 5.47. The second-order valence-electron chi connectivity index (χ2n) is 5.47. The Bertz CT molecular complexity index is 700. The van der Waals surface area contributed by atoms with Crippen molar-refractivity contribution < 1.29 is 19.0 Å². The van der Waals surface area contributed by atoms with Crippen LogP contribution in [-0.4, -0.2) is 19.3 Å². The van der Waals surface area contributed by atoms with Gasteiger partial charge >= 0.3 is 6.09 Å². The molecule has 1 amide bonds. The van der Waals surface area contributed by atoms with Crippen LogP contribution in [0.2, 0.25) is 0 Å². The van der Waals surface area contributed by atoms with Crippen LogP contribution in [-0.2, 0) is 17.8 Å². The first-order chi connectivity index (χ1) is 11.2. The van der Waals surface area contributed by atoms with E-state index in [-0.39, 0.29) is 12.7 Å². The lowest BCUT2D eigenvalue weighted by atomic mass is 10.1. The van der Waals surface area contributed by atoms with Crippen molar-refractivity contribution in [3.8, 4) is 11.5 Å². The summed E-state index contributed by atoms with van der Waals surface area (Å²) in [5.74, 6) is 1.38. The summed E-state index contributed by atoms with van der Waals surface area (Å²) in [5, 5.41) is 2.79. The lowest BCUT2D eigenvalue weighted by Crippen LogP contribution is -2.15. The number of methoxy groups -OCH3 is 1. The summed E-state index contributed by atoms with van der Waals surface area (Å²) < 4.78 is 16.2. The van der Waals surface area contributed by atoms with Crippen LogP contribution >= 0.6 is 0 Å². The first-order valence-corrected chi connectivity index (χ1v) is 7.51. The summed E-state index contributed by atoms with van der Waals surface area (Å²) in [6.45, 7) is 2.22. The third-order valence-electron chi connectivity index (χ3n) is 3.69. The molecule has 3 rings (SSSR count). The van der Waals surface area contributed by atoms with E-state index in [2.05, 4.69) is 5.32 Å². The molecule has 5 nitrogen and oxygen atoms in total. The summed E-state index contributed by atoms with van der Waals surface area (Å²) in [5.41, 5.74) is 2.58. The van der Waals surface area contributed by atoms with E-state index < -0.39 is 6.09 Å². The minimum absolute atomic E-state index is 0.0815. The zero-order valence-electron chi connectivity index (χ0n) is 13.2. The number of nitrogens with one attached hydrogen (secondary N) is 1. The van der Waals surface area contributed by atoms with Crippen LogP contribution in [0.4, 0.5) is 10.5 Å². The molecule has 0 saturated carbocycles. The molecule has 23 heavy (non-hydrogen) atoms. The molecule has 1 unspecified atom stereocenters. The van der Waals surface area contributed by atoms with E-state index in [1.165, 1.54) is 0 Å². The standard InChI is InChI=1S/C18H19NO4/c1-12-8-15-16(9-14(21-2)10-17(15)23-12)19-18(20)22-11-13-6-4-3-5-7-13/h3-7,9-10,12H,8,11H2,1-2H3,(H,19,20). The van der Waals surface area contributed by atoms with Crippen molar-refractivity contribution in [1.29, 1.82) is 0 Å². The molecule has 5 heteroatoms. The molecule has 0 saturated heterocycles. The van der Waals surface area contributed by atoms with Gasteiger partial charge < -0.3 is 14.2 Å². The molecule has 0 aliphatic carbocycles. The predicted octanol–water partition coefficient (Wildman–Crippen LogP) is 3.77. The molecule has 0 spiro atoms. The number of hydrogen-bond acceptors (Lipinski definition) is 4. The molecule has 0 fully saturated rings. The lowest BCUT2D eigenvalue weighted by molar-refractivity contribution is 0.155. The van der Waals surface area contributed by atoms with Crippen molar-refractivity contribution >= 4 is 11.8 Å². The lowest BCUT2D eigenvalue weighted by Gasteiger charge is -2.12. The number of ether oxygens (including phenoxy) is 3. The van der Waals surface area contributed by atoms with E-state index in [0.29, 0.717) is 11.4 Å². The van der Waals surface area contributed by atoms with E-state index in [1.807, 2.05) is 43.3 Å². The second kappa shape index (κ2) is 6.60. The van der Waals surface area contributed by atoms with Gasteiger partial charge in [0.05, 0.1) is 12.8 Å². The first kappa shape index (κ1) is 15.2. The highest BCUT2D eigenvalue weighted by Crippen LogP contribution is 2.38. The highest BCUT2D eigenvalue weighted by atomic mass is 16.5. The quantitative estimate of drug-likeness (QED) is 0.933. The summed E-state index contributed by atoms with van der Waals surface area (Å²) in [4.78, 5) is 12.1. The summed E-state index contributed by atoms with van der Waals surface area (Å²) >= 11 is 0. The van der Waals surface area contributed by atoms with Crippen LogP contribution in [0.5, 0.6) is 11.5 Å². The molecular weight excluding hydrogens is 294 g/mol. The van der Waals surface area contributed by atoms with Gasteiger partial charge in [0.1, 0.15) is 24.2 Å². The van der Waals surface area contributed by atoms with Crippen molar-refractivity contribution in [3.63, 3.8) is 0 Å². The summed E-state index contributed by atoms with van der Waals surface area (Å²) in [6.07, 6.45) is 0.329. The van der Waals surface area contributed by atoms with Crippen LogP contribution in [0.1, 0.15) is 18.1 Å². The maximum atomic E-state index is 12.1. The highest BCUT2D eigenvalue weighted by Gasteiger charge is 2.24. The fourth-order valence-electron chi connectivity index (χ4n) is 2.58. The van der Waals surface area contributed by atoms with Crippen LogP contribution in [0.3, 0.4) is 0 Å². The third-order valence-corrected chi connectivity index (χ3v) is 3.69. The van der Waals surface area contributed by atoms with Gasteiger partial charge in [-0.15, -0.1) is 0 Å². The van der Waals surface area contributed by atoms with Gasteiger partial charge in [-0.3, -0.25) is 5.32 Å². The van der Waals surface area contributed by atoms with Gasteiger partial charge in [0, 0.05) is 24.1 Å². The molecule has 0 radical (unpaired) electrons. The minimum Gasteiger partial charge on any atom is -0.497 e. The molecule has 1 heterocycles. The van der Waals surface area contributed by atoms with Gasteiger partial charge in [-0.25, -0.2) is 4.79 Å². The van der Waals surface area contributed by atoms with Gasteiger partial charge in [-0.05, 0) is 12.5 Å². The van der Waals surface area contributed by atoms with Crippen LogP contribution < -0.4 is 14.8 Å². The van der Waals surface area contributed by atoms with Gasteiger partial charge in [-0.2, -0.15) is 0 Å². The van der Waals surface area contributed by atoms with Gasteiger partial charge in [0.2, 0.25) is 0 Å². The fraction of sp³-hybridized carbons (Fsp3) is 0.278. The predicted molar refractivity (Wildman–Crippen MR) is 87.0 cm³/mol. The van der Waals surface area contributed by atoms with Crippen molar-refractivity contribution in [3.05, 3.63) is 53.6 Å². The van der Waals surface area contributed by atoms with Crippen molar-refractivity contribution in [2.45, 2.75) is 26.1 Å². The Kier molecular flexibility index (Phi) is 4.37. The summed E-state index contributed by atoms with van der Waals surface area (Å²) in [7, 11) is 1.58. The third kappa shape index (κ3) is 3.56. The largest absolute Gasteiger partial charge is 0.497 e. The molecule has 2 aromatic carbocycles. The molecular formula is C18H19NO4. The minimum atomic E-state index is -0.496. The molecule has 2 aromatic rings. The highest BCUT2D eigenvalue weighted by molar-refractivity contribution is 5.87. The van der Waals surface area contributed by atoms with Crippen molar-refractivity contribution in [2.75, 3.05) is 12.4 Å². The van der Waals surface area contributed by atoms with E-state index in [1.54, 1.807) is 13.2 Å². The van der Waals surface area contributed by atoms with Crippen molar-refractivity contribution in [1.82, 2.24) is 0 Å². The van der Waals surface area contributed by atoms with Crippen LogP contribution in [0, 0.1) is 0 Å². The number of hydrogen-bond donors (Lipinski definition) is 1. The maximum absolute atomic E-state index is 12.1. The number of fused-ring (bicyclic) bond motifs is 1. The molecule has 1 atom stereocenters. The average molecular weight is 313 g/mol.